The van der Waals surface area contributed by atoms with Gasteiger partial charge in [-0.1, -0.05) is 6.07 Å². The van der Waals surface area contributed by atoms with E-state index in [9.17, 15) is 9.18 Å². The number of hydrogen-bond donors (Lipinski definition) is 3. The predicted octanol–water partition coefficient (Wildman–Crippen LogP) is 5.90. The molecule has 1 amide bonds. The van der Waals surface area contributed by atoms with Crippen LogP contribution in [0.25, 0.3) is 10.9 Å². The highest BCUT2D eigenvalue weighted by Crippen LogP contribution is 2.25. The number of fused-ring (bicyclic) bond motifs is 1. The Hall–Kier alpha value is -4.85. The van der Waals surface area contributed by atoms with Gasteiger partial charge in [-0.05, 0) is 66.7 Å². The van der Waals surface area contributed by atoms with Crippen LogP contribution < -0.4 is 16.0 Å². The molecule has 0 saturated carbocycles. The highest BCUT2D eigenvalue weighted by molar-refractivity contribution is 6.04. The fraction of sp³-hybridized carbons (Fsp3) is 0. The van der Waals surface area contributed by atoms with Crippen LogP contribution in [0.15, 0.2) is 97.6 Å². The van der Waals surface area contributed by atoms with Crippen LogP contribution in [0.3, 0.4) is 0 Å². The Bertz CT molecular complexity index is 1460. The number of carbonyl (C=O) groups excluding carboxylic acids is 1. The Morgan fingerprint density at radius 3 is 2.44 bits per heavy atom. The van der Waals surface area contributed by atoms with Gasteiger partial charge in [-0.15, -0.1) is 0 Å². The van der Waals surface area contributed by atoms with Crippen molar-refractivity contribution in [3.8, 4) is 0 Å². The normalized spacial score (nSPS) is 10.6. The summed E-state index contributed by atoms with van der Waals surface area (Å²) in [5, 5.41) is 9.95. The quantitative estimate of drug-likeness (QED) is 0.298. The molecule has 3 N–H and O–H groups in total. The lowest BCUT2D eigenvalue weighted by atomic mass is 10.2. The Morgan fingerprint density at radius 2 is 1.62 bits per heavy atom. The summed E-state index contributed by atoms with van der Waals surface area (Å²) in [6, 6.07) is 20.7. The van der Waals surface area contributed by atoms with E-state index in [1.807, 2.05) is 36.4 Å². The van der Waals surface area contributed by atoms with E-state index < -0.39 is 0 Å². The fourth-order valence-electron chi connectivity index (χ4n) is 3.45. The lowest BCUT2D eigenvalue weighted by Gasteiger charge is -2.11. The highest BCUT2D eigenvalue weighted by atomic mass is 19.1. The van der Waals surface area contributed by atoms with Gasteiger partial charge in [-0.25, -0.2) is 9.37 Å². The molecule has 0 saturated heterocycles. The van der Waals surface area contributed by atoms with Crippen LogP contribution in [-0.4, -0.2) is 20.9 Å². The van der Waals surface area contributed by atoms with Crippen molar-refractivity contribution in [2.45, 2.75) is 0 Å². The summed E-state index contributed by atoms with van der Waals surface area (Å²) >= 11 is 0. The third-order valence-electron chi connectivity index (χ3n) is 5.08. The van der Waals surface area contributed by atoms with Gasteiger partial charge >= 0.3 is 0 Å². The van der Waals surface area contributed by atoms with Crippen molar-refractivity contribution in [3.63, 3.8) is 0 Å². The Labute approximate surface area is 194 Å². The van der Waals surface area contributed by atoms with Crippen LogP contribution >= 0.6 is 0 Å². The van der Waals surface area contributed by atoms with E-state index in [2.05, 4.69) is 30.9 Å². The van der Waals surface area contributed by atoms with Crippen molar-refractivity contribution in [2.75, 3.05) is 16.0 Å². The topological polar surface area (TPSA) is 91.8 Å². The van der Waals surface area contributed by atoms with Crippen molar-refractivity contribution < 1.29 is 9.18 Å². The molecule has 0 radical (unpaired) electrons. The van der Waals surface area contributed by atoms with Crippen LogP contribution in [0.5, 0.6) is 0 Å². The lowest BCUT2D eigenvalue weighted by molar-refractivity contribution is 0.102. The molecule has 0 aliphatic heterocycles. The maximum absolute atomic E-state index is 13.7. The number of anilines is 5. The van der Waals surface area contributed by atoms with Gasteiger partial charge in [0.1, 0.15) is 11.6 Å². The molecule has 7 nitrogen and oxygen atoms in total. The van der Waals surface area contributed by atoms with E-state index in [1.54, 1.807) is 42.9 Å². The van der Waals surface area contributed by atoms with Gasteiger partial charge in [0, 0.05) is 47.2 Å². The lowest BCUT2D eigenvalue weighted by Crippen LogP contribution is -2.12. The summed E-state index contributed by atoms with van der Waals surface area (Å²) in [6.07, 6.45) is 6.53. The van der Waals surface area contributed by atoms with Gasteiger partial charge in [-0.3, -0.25) is 14.8 Å². The second kappa shape index (κ2) is 9.33. The molecule has 0 spiro atoms. The molecule has 34 heavy (non-hydrogen) atoms. The third-order valence-corrected chi connectivity index (χ3v) is 5.08. The number of rotatable bonds is 6. The number of amides is 1. The Balaban J connectivity index is 1.27. The van der Waals surface area contributed by atoms with Crippen molar-refractivity contribution in [1.82, 2.24) is 15.0 Å². The molecule has 5 rings (SSSR count). The van der Waals surface area contributed by atoms with E-state index in [4.69, 9.17) is 0 Å². The summed E-state index contributed by atoms with van der Waals surface area (Å²) in [6.45, 7) is 0. The van der Waals surface area contributed by atoms with E-state index in [0.29, 0.717) is 33.7 Å². The zero-order valence-electron chi connectivity index (χ0n) is 17.9. The predicted molar refractivity (Wildman–Crippen MR) is 131 cm³/mol. The number of pyridine rings is 3. The average molecular weight is 450 g/mol. The molecule has 3 heterocycles. The molecular weight excluding hydrogens is 431 g/mol. The maximum Gasteiger partial charge on any atom is 0.257 e. The van der Waals surface area contributed by atoms with Gasteiger partial charge in [0.25, 0.3) is 5.91 Å². The third kappa shape index (κ3) is 4.81. The number of nitrogens with zero attached hydrogens (tertiary/aromatic N) is 3. The zero-order valence-corrected chi connectivity index (χ0v) is 17.9. The number of aromatic nitrogens is 3. The number of halogens is 1. The minimum absolute atomic E-state index is 0.281. The summed E-state index contributed by atoms with van der Waals surface area (Å²) < 4.78 is 13.7. The second-order valence-corrected chi connectivity index (χ2v) is 7.47. The molecule has 0 atom stereocenters. The van der Waals surface area contributed by atoms with Crippen molar-refractivity contribution >= 4 is 45.4 Å². The minimum atomic E-state index is -0.344. The first-order chi connectivity index (χ1) is 16.6. The van der Waals surface area contributed by atoms with Crippen LogP contribution in [0.4, 0.5) is 33.0 Å². The first kappa shape index (κ1) is 21.0. The fourth-order valence-corrected chi connectivity index (χ4v) is 3.45. The number of benzene rings is 2. The Kier molecular flexibility index (Phi) is 5.77. The molecule has 2 aromatic carbocycles. The highest BCUT2D eigenvalue weighted by Gasteiger charge is 2.09. The first-order valence-electron chi connectivity index (χ1n) is 10.5. The molecule has 0 aliphatic rings. The van der Waals surface area contributed by atoms with E-state index in [1.165, 1.54) is 18.3 Å². The molecule has 0 bridgehead atoms. The van der Waals surface area contributed by atoms with Gasteiger partial charge < -0.3 is 16.0 Å². The number of carbonyl (C=O) groups is 1. The maximum atomic E-state index is 13.7. The minimum Gasteiger partial charge on any atom is -0.355 e. The van der Waals surface area contributed by atoms with Gasteiger partial charge in [0.05, 0.1) is 16.8 Å². The van der Waals surface area contributed by atoms with Gasteiger partial charge in [-0.2, -0.15) is 0 Å². The van der Waals surface area contributed by atoms with E-state index in [0.717, 1.165) is 11.4 Å². The standard InChI is InChI=1S/C26H19FN6O/c27-18-5-6-23-22(14-18)24(10-13-29-23)33-25-7-4-17(16-30-25)26(34)32-21-3-1-2-20(15-21)31-19-8-11-28-12-9-19/h1-16H,(H,28,31)(H,32,34)(H,29,30,33). The molecule has 0 unspecified atom stereocenters. The smallest absolute Gasteiger partial charge is 0.257 e. The van der Waals surface area contributed by atoms with Crippen LogP contribution in [0.1, 0.15) is 10.4 Å². The molecule has 8 heteroatoms. The Morgan fingerprint density at radius 1 is 0.765 bits per heavy atom. The van der Waals surface area contributed by atoms with E-state index in [-0.39, 0.29) is 11.7 Å². The average Bonchev–Trinajstić information content (AvgIpc) is 2.86. The van der Waals surface area contributed by atoms with Gasteiger partial charge in [0.15, 0.2) is 0 Å². The largest absolute Gasteiger partial charge is 0.355 e. The van der Waals surface area contributed by atoms with Crippen molar-refractivity contribution in [3.05, 3.63) is 109 Å². The molecule has 166 valence electrons. The zero-order chi connectivity index (χ0) is 23.3. The van der Waals surface area contributed by atoms with Crippen LogP contribution in [-0.2, 0) is 0 Å². The first-order valence-corrected chi connectivity index (χ1v) is 10.5. The summed E-state index contributed by atoms with van der Waals surface area (Å²) in [5.74, 6) is -0.100. The number of nitrogens with one attached hydrogen (secondary N) is 3. The second-order valence-electron chi connectivity index (χ2n) is 7.47. The van der Waals surface area contributed by atoms with Gasteiger partial charge in [0.2, 0.25) is 0 Å². The van der Waals surface area contributed by atoms with Crippen molar-refractivity contribution in [2.24, 2.45) is 0 Å². The van der Waals surface area contributed by atoms with Crippen LogP contribution in [0.2, 0.25) is 0 Å². The molecule has 0 fully saturated rings. The molecule has 5 aromatic rings. The van der Waals surface area contributed by atoms with E-state index >= 15 is 0 Å². The SMILES string of the molecule is O=C(Nc1cccc(Nc2ccncc2)c1)c1ccc(Nc2ccnc3ccc(F)cc23)nc1. The molecule has 0 aliphatic carbocycles. The molecule has 3 aromatic heterocycles. The number of hydrogen-bond acceptors (Lipinski definition) is 6. The van der Waals surface area contributed by atoms with Crippen molar-refractivity contribution in [1.29, 1.82) is 0 Å². The molecular formula is C26H19FN6O. The summed E-state index contributed by atoms with van der Waals surface area (Å²) in [4.78, 5) is 25.3. The summed E-state index contributed by atoms with van der Waals surface area (Å²) in [5.41, 5.74) is 4.13. The summed E-state index contributed by atoms with van der Waals surface area (Å²) in [7, 11) is 0. The van der Waals surface area contributed by atoms with Crippen LogP contribution in [0, 0.1) is 5.82 Å². The monoisotopic (exact) mass is 450 g/mol.